The van der Waals surface area contributed by atoms with Crippen molar-refractivity contribution < 1.29 is 17.9 Å². The van der Waals surface area contributed by atoms with E-state index in [1.54, 1.807) is 19.1 Å². The molecule has 6 heteroatoms. The Morgan fingerprint density at radius 2 is 2.06 bits per heavy atom. The van der Waals surface area contributed by atoms with E-state index >= 15 is 0 Å². The molecule has 0 heterocycles. The predicted octanol–water partition coefficient (Wildman–Crippen LogP) is 1.96. The van der Waals surface area contributed by atoms with Gasteiger partial charge in [-0.1, -0.05) is 19.1 Å². The van der Waals surface area contributed by atoms with Crippen LogP contribution in [-0.4, -0.2) is 21.5 Å². The minimum absolute atomic E-state index is 0.0307. The lowest BCUT2D eigenvalue weighted by molar-refractivity contribution is 0.0596. The molecular weight excluding hydrogens is 252 g/mol. The van der Waals surface area contributed by atoms with E-state index in [1.165, 1.54) is 13.2 Å². The Labute approximate surface area is 98.6 Å². The maximum atomic E-state index is 11.4. The number of hydrogen-bond donors (Lipinski definition) is 0. The maximum Gasteiger partial charge on any atom is 0.339 e. The van der Waals surface area contributed by atoms with Gasteiger partial charge in [0.15, 0.2) is 0 Å². The number of hydrogen-bond acceptors (Lipinski definition) is 4. The summed E-state index contributed by atoms with van der Waals surface area (Å²) in [6, 6.07) is 4.58. The summed E-state index contributed by atoms with van der Waals surface area (Å²) < 4.78 is 27.3. The van der Waals surface area contributed by atoms with Gasteiger partial charge in [-0.25, -0.2) is 13.2 Å². The highest BCUT2D eigenvalue weighted by Gasteiger charge is 2.23. The molecular formula is C10H11ClO4S. The summed E-state index contributed by atoms with van der Waals surface area (Å²) in [6.07, 6.45) is 0.464. The van der Waals surface area contributed by atoms with Crippen molar-refractivity contribution in [2.24, 2.45) is 0 Å². The van der Waals surface area contributed by atoms with Crippen molar-refractivity contribution in [3.05, 3.63) is 29.3 Å². The predicted molar refractivity (Wildman–Crippen MR) is 60.2 cm³/mol. The number of halogens is 1. The van der Waals surface area contributed by atoms with E-state index in [-0.39, 0.29) is 10.5 Å². The van der Waals surface area contributed by atoms with Crippen LogP contribution >= 0.6 is 10.7 Å². The molecule has 0 spiro atoms. The third-order valence-electron chi connectivity index (χ3n) is 2.13. The van der Waals surface area contributed by atoms with E-state index in [2.05, 4.69) is 4.74 Å². The summed E-state index contributed by atoms with van der Waals surface area (Å²) in [5, 5.41) is 0. The molecule has 0 N–H and O–H groups in total. The molecule has 0 aliphatic rings. The second-order valence-electron chi connectivity index (χ2n) is 3.08. The van der Waals surface area contributed by atoms with Gasteiger partial charge in [-0.15, -0.1) is 0 Å². The van der Waals surface area contributed by atoms with Crippen LogP contribution in [0.25, 0.3) is 0 Å². The Morgan fingerprint density at radius 3 is 2.50 bits per heavy atom. The first kappa shape index (κ1) is 13.0. The highest BCUT2D eigenvalue weighted by molar-refractivity contribution is 8.13. The highest BCUT2D eigenvalue weighted by Crippen LogP contribution is 2.25. The normalized spacial score (nSPS) is 11.2. The second-order valence-corrected chi connectivity index (χ2v) is 5.58. The number of esters is 1. The molecule has 0 unspecified atom stereocenters. The van der Waals surface area contributed by atoms with Gasteiger partial charge in [0.05, 0.1) is 12.7 Å². The average molecular weight is 263 g/mol. The first-order valence-electron chi connectivity index (χ1n) is 4.56. The summed E-state index contributed by atoms with van der Waals surface area (Å²) in [4.78, 5) is 11.2. The van der Waals surface area contributed by atoms with Crippen LogP contribution in [0.3, 0.4) is 0 Å². The van der Waals surface area contributed by atoms with Crippen LogP contribution < -0.4 is 0 Å². The fourth-order valence-corrected chi connectivity index (χ4v) is 2.91. The zero-order chi connectivity index (χ0) is 12.3. The molecule has 0 saturated heterocycles. The van der Waals surface area contributed by atoms with Gasteiger partial charge in [0.25, 0.3) is 9.05 Å². The first-order chi connectivity index (χ1) is 7.41. The van der Waals surface area contributed by atoms with E-state index in [0.29, 0.717) is 12.0 Å². The summed E-state index contributed by atoms with van der Waals surface area (Å²) in [7, 11) is 2.54. The lowest BCUT2D eigenvalue weighted by Crippen LogP contribution is -2.10. The van der Waals surface area contributed by atoms with Crippen LogP contribution in [0.5, 0.6) is 0 Å². The van der Waals surface area contributed by atoms with Crippen LogP contribution in [0.4, 0.5) is 0 Å². The van der Waals surface area contributed by atoms with Gasteiger partial charge in [0.2, 0.25) is 0 Å². The van der Waals surface area contributed by atoms with E-state index in [1.807, 2.05) is 0 Å². The Kier molecular flexibility index (Phi) is 3.93. The molecule has 16 heavy (non-hydrogen) atoms. The van der Waals surface area contributed by atoms with E-state index in [0.717, 1.165) is 0 Å². The summed E-state index contributed by atoms with van der Waals surface area (Å²) >= 11 is 0. The molecule has 0 aliphatic heterocycles. The SMILES string of the molecule is CCc1cccc(C(=O)OC)c1S(=O)(=O)Cl. The van der Waals surface area contributed by atoms with E-state index in [4.69, 9.17) is 10.7 Å². The second kappa shape index (κ2) is 4.84. The van der Waals surface area contributed by atoms with Gasteiger partial charge in [-0.2, -0.15) is 0 Å². The Morgan fingerprint density at radius 1 is 1.44 bits per heavy atom. The van der Waals surface area contributed by atoms with Crippen molar-refractivity contribution in [1.29, 1.82) is 0 Å². The van der Waals surface area contributed by atoms with Gasteiger partial charge in [-0.05, 0) is 18.1 Å². The van der Waals surface area contributed by atoms with Crippen molar-refractivity contribution in [2.45, 2.75) is 18.2 Å². The molecule has 1 rings (SSSR count). The largest absolute Gasteiger partial charge is 0.465 e. The van der Waals surface area contributed by atoms with Crippen molar-refractivity contribution in [3.8, 4) is 0 Å². The number of methoxy groups -OCH3 is 1. The van der Waals surface area contributed by atoms with Crippen molar-refractivity contribution in [2.75, 3.05) is 7.11 Å². The first-order valence-corrected chi connectivity index (χ1v) is 6.87. The number of ether oxygens (including phenoxy) is 1. The van der Waals surface area contributed by atoms with Gasteiger partial charge >= 0.3 is 5.97 Å². The van der Waals surface area contributed by atoms with Gasteiger partial charge in [0, 0.05) is 10.7 Å². The fraction of sp³-hybridized carbons (Fsp3) is 0.300. The highest BCUT2D eigenvalue weighted by atomic mass is 35.7. The van der Waals surface area contributed by atoms with Crippen molar-refractivity contribution in [1.82, 2.24) is 0 Å². The molecule has 0 fully saturated rings. The number of rotatable bonds is 3. The van der Waals surface area contributed by atoms with Crippen LogP contribution in [0.2, 0.25) is 0 Å². The number of carbonyl (C=O) groups excluding carboxylic acids is 1. The number of benzene rings is 1. The standard InChI is InChI=1S/C10H11ClO4S/c1-3-7-5-4-6-8(10(12)15-2)9(7)16(11,13)14/h4-6H,3H2,1-2H3. The maximum absolute atomic E-state index is 11.4. The summed E-state index contributed by atoms with van der Waals surface area (Å²) in [6.45, 7) is 1.78. The molecule has 0 radical (unpaired) electrons. The van der Waals surface area contributed by atoms with Gasteiger partial charge < -0.3 is 4.74 Å². The molecule has 1 aromatic carbocycles. The third-order valence-corrected chi connectivity index (χ3v) is 3.56. The Hall–Kier alpha value is -1.07. The van der Waals surface area contributed by atoms with Crippen molar-refractivity contribution in [3.63, 3.8) is 0 Å². The zero-order valence-corrected chi connectivity index (χ0v) is 10.4. The van der Waals surface area contributed by atoms with Gasteiger partial charge in [-0.3, -0.25) is 0 Å². The lowest BCUT2D eigenvalue weighted by Gasteiger charge is -2.09. The molecule has 0 aromatic heterocycles. The van der Waals surface area contributed by atoms with Crippen LogP contribution in [0.1, 0.15) is 22.8 Å². The molecule has 0 bridgehead atoms. The van der Waals surface area contributed by atoms with E-state index < -0.39 is 15.0 Å². The number of carbonyl (C=O) groups is 1. The minimum atomic E-state index is -3.96. The molecule has 4 nitrogen and oxygen atoms in total. The average Bonchev–Trinajstić information content (AvgIpc) is 2.25. The molecule has 0 aliphatic carbocycles. The topological polar surface area (TPSA) is 60.4 Å². The number of aryl methyl sites for hydroxylation is 1. The third kappa shape index (κ3) is 2.54. The fourth-order valence-electron chi connectivity index (χ4n) is 1.42. The molecule has 0 amide bonds. The van der Waals surface area contributed by atoms with Crippen LogP contribution in [0.15, 0.2) is 23.1 Å². The Balaban J connectivity index is 3.57. The smallest absolute Gasteiger partial charge is 0.339 e. The van der Waals surface area contributed by atoms with Crippen LogP contribution in [-0.2, 0) is 20.2 Å². The molecule has 0 atom stereocenters. The molecule has 88 valence electrons. The van der Waals surface area contributed by atoms with E-state index in [9.17, 15) is 13.2 Å². The quantitative estimate of drug-likeness (QED) is 0.617. The minimum Gasteiger partial charge on any atom is -0.465 e. The van der Waals surface area contributed by atoms with Gasteiger partial charge in [0.1, 0.15) is 4.90 Å². The zero-order valence-electron chi connectivity index (χ0n) is 8.86. The summed E-state index contributed by atoms with van der Waals surface area (Å²) in [5.41, 5.74) is 0.467. The van der Waals surface area contributed by atoms with Crippen LogP contribution in [0, 0.1) is 0 Å². The molecule has 0 saturated carbocycles. The Bertz CT molecular complexity index is 508. The van der Waals surface area contributed by atoms with Crippen molar-refractivity contribution >= 4 is 25.7 Å². The monoisotopic (exact) mass is 262 g/mol. The molecule has 1 aromatic rings. The lowest BCUT2D eigenvalue weighted by atomic mass is 10.1. The summed E-state index contributed by atoms with van der Waals surface area (Å²) in [5.74, 6) is -0.713.